The summed E-state index contributed by atoms with van der Waals surface area (Å²) in [5.74, 6) is 0. The molecule has 0 bridgehead atoms. The van der Waals surface area contributed by atoms with Crippen molar-refractivity contribution in [1.29, 1.82) is 0 Å². The summed E-state index contributed by atoms with van der Waals surface area (Å²) >= 11 is 0. The first-order valence-corrected chi connectivity index (χ1v) is 10.1. The van der Waals surface area contributed by atoms with Crippen molar-refractivity contribution >= 4 is 16.6 Å². The van der Waals surface area contributed by atoms with E-state index in [0.717, 1.165) is 33.2 Å². The van der Waals surface area contributed by atoms with Crippen molar-refractivity contribution in [3.8, 4) is 0 Å². The molecule has 150 valence electrons. The number of rotatable bonds is 5. The molecule has 0 unspecified atom stereocenters. The van der Waals surface area contributed by atoms with Gasteiger partial charge in [0.25, 0.3) is 5.69 Å². The molecule has 0 aliphatic carbocycles. The summed E-state index contributed by atoms with van der Waals surface area (Å²) in [6, 6.07) is 35.9. The van der Waals surface area contributed by atoms with Gasteiger partial charge in [-0.05, 0) is 28.3 Å². The monoisotopic (exact) mass is 404 g/mol. The molecule has 1 aromatic heterocycles. The highest BCUT2D eigenvalue weighted by Crippen LogP contribution is 2.47. The van der Waals surface area contributed by atoms with Crippen LogP contribution in [0.25, 0.3) is 10.9 Å². The van der Waals surface area contributed by atoms with Crippen LogP contribution in [0.2, 0.25) is 0 Å². The predicted molar refractivity (Wildman–Crippen MR) is 123 cm³/mol. The number of nitrogens with one attached hydrogen (secondary N) is 1. The Morgan fingerprint density at radius 3 is 1.61 bits per heavy atom. The molecule has 0 spiro atoms. The third kappa shape index (κ3) is 3.01. The first-order valence-electron chi connectivity index (χ1n) is 10.1. The van der Waals surface area contributed by atoms with E-state index in [1.165, 1.54) is 6.07 Å². The van der Waals surface area contributed by atoms with Crippen LogP contribution in [0.5, 0.6) is 0 Å². The molecule has 0 radical (unpaired) electrons. The zero-order chi connectivity index (χ0) is 21.3. The normalized spacial score (nSPS) is 11.5. The van der Waals surface area contributed by atoms with E-state index in [4.69, 9.17) is 0 Å². The molecule has 4 aromatic carbocycles. The van der Waals surface area contributed by atoms with Crippen LogP contribution >= 0.6 is 0 Å². The van der Waals surface area contributed by atoms with Crippen molar-refractivity contribution < 1.29 is 4.92 Å². The van der Waals surface area contributed by atoms with Crippen LogP contribution in [0.3, 0.4) is 0 Å². The van der Waals surface area contributed by atoms with Gasteiger partial charge in [0.15, 0.2) is 0 Å². The first kappa shape index (κ1) is 18.8. The second kappa shape index (κ2) is 7.58. The van der Waals surface area contributed by atoms with Gasteiger partial charge in [0.2, 0.25) is 0 Å². The van der Waals surface area contributed by atoms with E-state index in [0.29, 0.717) is 0 Å². The third-order valence-corrected chi connectivity index (χ3v) is 5.90. The van der Waals surface area contributed by atoms with Gasteiger partial charge < -0.3 is 4.98 Å². The van der Waals surface area contributed by atoms with Crippen LogP contribution in [0, 0.1) is 10.1 Å². The quantitative estimate of drug-likeness (QED) is 0.208. The van der Waals surface area contributed by atoms with E-state index in [1.807, 2.05) is 60.8 Å². The van der Waals surface area contributed by atoms with Crippen molar-refractivity contribution in [2.75, 3.05) is 0 Å². The van der Waals surface area contributed by atoms with E-state index in [9.17, 15) is 10.1 Å². The minimum absolute atomic E-state index is 0.0800. The Balaban J connectivity index is 1.95. The van der Waals surface area contributed by atoms with Crippen molar-refractivity contribution in [2.45, 2.75) is 5.41 Å². The lowest BCUT2D eigenvalue weighted by atomic mass is 9.65. The molecule has 4 nitrogen and oxygen atoms in total. The van der Waals surface area contributed by atoms with Gasteiger partial charge >= 0.3 is 0 Å². The van der Waals surface area contributed by atoms with E-state index >= 15 is 0 Å². The second-order valence-corrected chi connectivity index (χ2v) is 7.54. The maximum Gasteiger partial charge on any atom is 0.270 e. The second-order valence-electron chi connectivity index (χ2n) is 7.54. The minimum Gasteiger partial charge on any atom is -0.361 e. The van der Waals surface area contributed by atoms with Crippen LogP contribution < -0.4 is 0 Å². The molecule has 0 aliphatic rings. The lowest BCUT2D eigenvalue weighted by molar-refractivity contribution is -0.384. The van der Waals surface area contributed by atoms with E-state index in [1.54, 1.807) is 12.1 Å². The van der Waals surface area contributed by atoms with Crippen molar-refractivity contribution in [3.05, 3.63) is 148 Å². The van der Waals surface area contributed by atoms with Gasteiger partial charge in [0.05, 0.1) is 10.3 Å². The number of benzene rings is 4. The predicted octanol–water partition coefficient (Wildman–Crippen LogP) is 6.46. The number of nitro benzene ring substituents is 1. The van der Waals surface area contributed by atoms with Crippen molar-refractivity contribution in [3.63, 3.8) is 0 Å². The number of hydrogen-bond donors (Lipinski definition) is 1. The van der Waals surface area contributed by atoms with Crippen LogP contribution in [0.1, 0.15) is 22.3 Å². The number of fused-ring (bicyclic) bond motifs is 1. The highest BCUT2D eigenvalue weighted by atomic mass is 16.6. The van der Waals surface area contributed by atoms with Gasteiger partial charge in [-0.1, -0.05) is 91.0 Å². The van der Waals surface area contributed by atoms with Gasteiger partial charge in [0, 0.05) is 29.2 Å². The fourth-order valence-corrected chi connectivity index (χ4v) is 4.56. The fourth-order valence-electron chi connectivity index (χ4n) is 4.56. The molecule has 31 heavy (non-hydrogen) atoms. The largest absolute Gasteiger partial charge is 0.361 e. The Morgan fingerprint density at radius 2 is 1.16 bits per heavy atom. The molecule has 0 fully saturated rings. The number of non-ortho nitro benzene ring substituents is 1. The minimum atomic E-state index is -0.642. The number of nitrogens with zero attached hydrogens (tertiary/aromatic N) is 1. The molecule has 0 saturated carbocycles. The van der Waals surface area contributed by atoms with Gasteiger partial charge in [-0.15, -0.1) is 0 Å². The van der Waals surface area contributed by atoms with Crippen LogP contribution in [-0.4, -0.2) is 9.91 Å². The van der Waals surface area contributed by atoms with E-state index in [2.05, 4.69) is 41.4 Å². The Morgan fingerprint density at radius 1 is 0.677 bits per heavy atom. The van der Waals surface area contributed by atoms with Gasteiger partial charge in [-0.25, -0.2) is 0 Å². The van der Waals surface area contributed by atoms with Gasteiger partial charge in [-0.3, -0.25) is 10.1 Å². The van der Waals surface area contributed by atoms with Gasteiger partial charge in [-0.2, -0.15) is 0 Å². The average molecular weight is 404 g/mol. The Kier molecular flexibility index (Phi) is 4.60. The molecule has 0 aliphatic heterocycles. The van der Waals surface area contributed by atoms with Crippen molar-refractivity contribution in [2.24, 2.45) is 0 Å². The van der Waals surface area contributed by atoms with Crippen LogP contribution in [0.4, 0.5) is 5.69 Å². The maximum atomic E-state index is 11.5. The molecular formula is C27H20N2O2. The molecule has 4 heteroatoms. The fraction of sp³-hybridized carbons (Fsp3) is 0.0370. The summed E-state index contributed by atoms with van der Waals surface area (Å²) in [6.07, 6.45) is 1.99. The van der Waals surface area contributed by atoms with Crippen LogP contribution in [-0.2, 0) is 5.41 Å². The Hall–Kier alpha value is -4.18. The number of aromatic amines is 1. The third-order valence-electron chi connectivity index (χ3n) is 5.90. The standard InChI is InChI=1S/C27H20N2O2/c30-29(31)23-16-17-26-24(18-23)25(19-28-26)27(20-10-4-1-5-11-20,21-12-6-2-7-13-21)22-14-8-3-9-15-22/h1-19,28H. The number of H-pyrrole nitrogens is 1. The maximum absolute atomic E-state index is 11.5. The molecular weight excluding hydrogens is 384 g/mol. The Bertz CT molecular complexity index is 1250. The number of nitro groups is 1. The van der Waals surface area contributed by atoms with E-state index < -0.39 is 5.41 Å². The van der Waals surface area contributed by atoms with E-state index in [-0.39, 0.29) is 10.6 Å². The molecule has 0 amide bonds. The summed E-state index contributed by atoms with van der Waals surface area (Å²) in [7, 11) is 0. The zero-order valence-electron chi connectivity index (χ0n) is 16.7. The summed E-state index contributed by atoms with van der Waals surface area (Å²) in [4.78, 5) is 14.5. The zero-order valence-corrected chi connectivity index (χ0v) is 16.7. The summed E-state index contributed by atoms with van der Waals surface area (Å²) in [6.45, 7) is 0. The SMILES string of the molecule is O=[N+]([O-])c1ccc2[nH]cc(C(c3ccccc3)(c3ccccc3)c3ccccc3)c2c1. The summed E-state index contributed by atoms with van der Waals surface area (Å²) in [5, 5.41) is 12.4. The topological polar surface area (TPSA) is 58.9 Å². The molecule has 5 rings (SSSR count). The number of hydrogen-bond acceptors (Lipinski definition) is 2. The molecule has 5 aromatic rings. The highest BCUT2D eigenvalue weighted by Gasteiger charge is 2.40. The molecule has 0 saturated heterocycles. The van der Waals surface area contributed by atoms with Crippen LogP contribution in [0.15, 0.2) is 115 Å². The molecule has 0 atom stereocenters. The lowest BCUT2D eigenvalue weighted by Crippen LogP contribution is -2.30. The molecule has 1 N–H and O–H groups in total. The first-order chi connectivity index (χ1) is 15.2. The molecule has 1 heterocycles. The number of aromatic nitrogens is 1. The summed E-state index contributed by atoms with van der Waals surface area (Å²) in [5.41, 5.74) is 4.58. The Labute approximate surface area is 180 Å². The lowest BCUT2D eigenvalue weighted by Gasteiger charge is -2.36. The average Bonchev–Trinajstić information content (AvgIpc) is 3.25. The van der Waals surface area contributed by atoms with Crippen molar-refractivity contribution in [1.82, 2.24) is 4.98 Å². The van der Waals surface area contributed by atoms with Gasteiger partial charge in [0.1, 0.15) is 0 Å². The summed E-state index contributed by atoms with van der Waals surface area (Å²) < 4.78 is 0. The smallest absolute Gasteiger partial charge is 0.270 e. The highest BCUT2D eigenvalue weighted by molar-refractivity contribution is 5.89.